The second-order valence-corrected chi connectivity index (χ2v) is 2.40. The zero-order chi connectivity index (χ0) is 9.84. The van der Waals surface area contributed by atoms with Gasteiger partial charge in [-0.1, -0.05) is 6.07 Å². The van der Waals surface area contributed by atoms with E-state index in [2.05, 4.69) is 5.43 Å². The van der Waals surface area contributed by atoms with Gasteiger partial charge >= 0.3 is 0 Å². The third-order valence-electron chi connectivity index (χ3n) is 1.63. The zero-order valence-electron chi connectivity index (χ0n) is 7.05. The first-order valence-electron chi connectivity index (χ1n) is 3.61. The first-order valence-corrected chi connectivity index (χ1v) is 3.61. The van der Waals surface area contributed by atoms with Crippen LogP contribution < -0.4 is 16.0 Å². The summed E-state index contributed by atoms with van der Waals surface area (Å²) in [5.74, 6) is 5.44. The third-order valence-corrected chi connectivity index (χ3v) is 1.63. The minimum Gasteiger partial charge on any atom is -0.495 e. The Morgan fingerprint density at radius 1 is 1.46 bits per heavy atom. The van der Waals surface area contributed by atoms with Gasteiger partial charge < -0.3 is 10.2 Å². The van der Waals surface area contributed by atoms with Gasteiger partial charge in [0.15, 0.2) is 0 Å². The summed E-state index contributed by atoms with van der Waals surface area (Å²) in [6.07, 6.45) is -2.50. The largest absolute Gasteiger partial charge is 0.495 e. The van der Waals surface area contributed by atoms with Gasteiger partial charge in [-0.15, -0.1) is 0 Å². The van der Waals surface area contributed by atoms with Crippen LogP contribution in [0.1, 0.15) is 12.0 Å². The maximum absolute atomic E-state index is 12.2. The van der Waals surface area contributed by atoms with E-state index >= 15 is 0 Å². The van der Waals surface area contributed by atoms with E-state index in [0.717, 1.165) is 0 Å². The minimum atomic E-state index is -2.50. The summed E-state index contributed by atoms with van der Waals surface area (Å²) in [6.45, 7) is 0. The highest BCUT2D eigenvalue weighted by molar-refractivity contribution is 5.57. The minimum absolute atomic E-state index is 0.0872. The Bertz CT molecular complexity index is 291. The number of hydrogen-bond acceptors (Lipinski definition) is 3. The monoisotopic (exact) mass is 188 g/mol. The maximum Gasteiger partial charge on any atom is 0.263 e. The second kappa shape index (κ2) is 4.04. The molecule has 0 atom stereocenters. The van der Waals surface area contributed by atoms with Crippen LogP contribution in [0, 0.1) is 0 Å². The predicted octanol–water partition coefficient (Wildman–Crippen LogP) is 1.92. The molecule has 3 nitrogen and oxygen atoms in total. The number of ether oxygens (including phenoxy) is 1. The van der Waals surface area contributed by atoms with Gasteiger partial charge in [-0.3, -0.25) is 5.84 Å². The number of benzene rings is 1. The fraction of sp³-hybridized carbons (Fsp3) is 0.250. The average Bonchev–Trinajstić information content (AvgIpc) is 2.16. The number of hydrazine groups is 1. The lowest BCUT2D eigenvalue weighted by molar-refractivity contribution is 0.151. The lowest BCUT2D eigenvalue weighted by atomic mass is 10.2. The molecule has 0 spiro atoms. The van der Waals surface area contributed by atoms with Crippen molar-refractivity contribution >= 4 is 5.69 Å². The van der Waals surface area contributed by atoms with E-state index in [1.165, 1.54) is 25.3 Å². The lowest BCUT2D eigenvalue weighted by Crippen LogP contribution is -2.08. The number of halogens is 2. The summed E-state index contributed by atoms with van der Waals surface area (Å²) < 4.78 is 29.3. The highest BCUT2D eigenvalue weighted by Gasteiger charge is 2.10. The Hall–Kier alpha value is -1.36. The van der Waals surface area contributed by atoms with Crippen LogP contribution in [0.4, 0.5) is 14.5 Å². The van der Waals surface area contributed by atoms with Gasteiger partial charge in [0.1, 0.15) is 5.75 Å². The highest BCUT2D eigenvalue weighted by Crippen LogP contribution is 2.29. The molecule has 0 fully saturated rings. The first-order chi connectivity index (χ1) is 6.19. The van der Waals surface area contributed by atoms with Gasteiger partial charge in [0.2, 0.25) is 0 Å². The molecule has 3 N–H and O–H groups in total. The van der Waals surface area contributed by atoms with E-state index in [0.29, 0.717) is 11.4 Å². The van der Waals surface area contributed by atoms with Crippen LogP contribution in [0.25, 0.3) is 0 Å². The van der Waals surface area contributed by atoms with Crippen molar-refractivity contribution in [1.29, 1.82) is 0 Å². The summed E-state index contributed by atoms with van der Waals surface area (Å²) >= 11 is 0. The van der Waals surface area contributed by atoms with Crippen molar-refractivity contribution in [3.63, 3.8) is 0 Å². The molecule has 0 aliphatic rings. The SMILES string of the molecule is COc1cc(C(F)F)ccc1NN. The quantitative estimate of drug-likeness (QED) is 0.562. The van der Waals surface area contributed by atoms with Gasteiger partial charge in [0.05, 0.1) is 12.8 Å². The molecular weight excluding hydrogens is 178 g/mol. The molecule has 5 heteroatoms. The summed E-state index contributed by atoms with van der Waals surface area (Å²) in [5, 5.41) is 0. The van der Waals surface area contributed by atoms with E-state index in [1.807, 2.05) is 0 Å². The van der Waals surface area contributed by atoms with Gasteiger partial charge in [-0.05, 0) is 12.1 Å². The molecule has 0 bridgehead atoms. The molecule has 0 saturated heterocycles. The summed E-state index contributed by atoms with van der Waals surface area (Å²) in [5.41, 5.74) is 2.73. The molecule has 0 saturated carbocycles. The van der Waals surface area contributed by atoms with E-state index in [9.17, 15) is 8.78 Å². The first kappa shape index (κ1) is 9.73. The van der Waals surface area contributed by atoms with Crippen LogP contribution >= 0.6 is 0 Å². The van der Waals surface area contributed by atoms with Crippen LogP contribution in [0.2, 0.25) is 0 Å². The van der Waals surface area contributed by atoms with E-state index in [1.54, 1.807) is 0 Å². The number of nitrogen functional groups attached to an aromatic ring is 1. The average molecular weight is 188 g/mol. The van der Waals surface area contributed by atoms with Crippen molar-refractivity contribution in [1.82, 2.24) is 0 Å². The maximum atomic E-state index is 12.2. The topological polar surface area (TPSA) is 47.3 Å². The van der Waals surface area contributed by atoms with Gasteiger partial charge in [-0.2, -0.15) is 0 Å². The lowest BCUT2D eigenvalue weighted by Gasteiger charge is -2.09. The van der Waals surface area contributed by atoms with E-state index < -0.39 is 6.43 Å². The standard InChI is InChI=1S/C8H10F2N2O/c1-13-7-4-5(8(9)10)2-3-6(7)12-11/h2-4,8,12H,11H2,1H3. The van der Waals surface area contributed by atoms with Gasteiger partial charge in [0.25, 0.3) is 6.43 Å². The molecule has 0 radical (unpaired) electrons. The number of hydrogen-bond donors (Lipinski definition) is 2. The second-order valence-electron chi connectivity index (χ2n) is 2.40. The Morgan fingerprint density at radius 3 is 2.62 bits per heavy atom. The van der Waals surface area contributed by atoms with Crippen LogP contribution in [0.15, 0.2) is 18.2 Å². The van der Waals surface area contributed by atoms with Crippen LogP contribution in [0.5, 0.6) is 5.75 Å². The fourth-order valence-electron chi connectivity index (χ4n) is 0.963. The molecule has 0 heterocycles. The number of nitrogens with one attached hydrogen (secondary N) is 1. The zero-order valence-corrected chi connectivity index (χ0v) is 7.05. The molecule has 1 aromatic carbocycles. The number of alkyl halides is 2. The van der Waals surface area contributed by atoms with Crippen molar-refractivity contribution in [2.75, 3.05) is 12.5 Å². The third kappa shape index (κ3) is 2.06. The van der Waals surface area contributed by atoms with E-state index in [4.69, 9.17) is 10.6 Å². The normalized spacial score (nSPS) is 10.2. The van der Waals surface area contributed by atoms with Crippen molar-refractivity contribution in [3.8, 4) is 5.75 Å². The molecular formula is C8H10F2N2O. The summed E-state index contributed by atoms with van der Waals surface area (Å²) in [7, 11) is 1.39. The van der Waals surface area contributed by atoms with E-state index in [-0.39, 0.29) is 5.56 Å². The Labute approximate surface area is 74.5 Å². The van der Waals surface area contributed by atoms with Crippen molar-refractivity contribution in [3.05, 3.63) is 23.8 Å². The van der Waals surface area contributed by atoms with Crippen LogP contribution in [0.3, 0.4) is 0 Å². The summed E-state index contributed by atoms with van der Waals surface area (Å²) in [4.78, 5) is 0. The molecule has 0 unspecified atom stereocenters. The molecule has 0 aliphatic heterocycles. The molecule has 72 valence electrons. The van der Waals surface area contributed by atoms with Crippen molar-refractivity contribution in [2.24, 2.45) is 5.84 Å². The van der Waals surface area contributed by atoms with Crippen molar-refractivity contribution < 1.29 is 13.5 Å². The molecule has 0 aliphatic carbocycles. The molecule has 0 aromatic heterocycles. The van der Waals surface area contributed by atoms with Crippen molar-refractivity contribution in [2.45, 2.75) is 6.43 Å². The molecule has 13 heavy (non-hydrogen) atoms. The number of methoxy groups -OCH3 is 1. The molecule has 0 amide bonds. The molecule has 1 aromatic rings. The van der Waals surface area contributed by atoms with Crippen LogP contribution in [-0.2, 0) is 0 Å². The number of anilines is 1. The number of nitrogens with two attached hydrogens (primary N) is 1. The summed E-state index contributed by atoms with van der Waals surface area (Å²) in [6, 6.07) is 3.99. The Morgan fingerprint density at radius 2 is 2.15 bits per heavy atom. The smallest absolute Gasteiger partial charge is 0.263 e. The highest BCUT2D eigenvalue weighted by atomic mass is 19.3. The van der Waals surface area contributed by atoms with Crippen LogP contribution in [-0.4, -0.2) is 7.11 Å². The fourth-order valence-corrected chi connectivity index (χ4v) is 0.963. The van der Waals surface area contributed by atoms with Gasteiger partial charge in [0, 0.05) is 5.56 Å². The predicted molar refractivity (Wildman–Crippen MR) is 45.8 cm³/mol. The van der Waals surface area contributed by atoms with Gasteiger partial charge in [-0.25, -0.2) is 8.78 Å². The molecule has 1 rings (SSSR count). The Balaban J connectivity index is 3.05. The Kier molecular flexibility index (Phi) is 3.02. The number of rotatable bonds is 3.